The van der Waals surface area contributed by atoms with Crippen molar-refractivity contribution in [3.05, 3.63) is 29.8 Å². The van der Waals surface area contributed by atoms with Gasteiger partial charge in [-0.1, -0.05) is 32.0 Å². The van der Waals surface area contributed by atoms with Gasteiger partial charge < -0.3 is 10.1 Å². The summed E-state index contributed by atoms with van der Waals surface area (Å²) in [5.74, 6) is 1.04. The lowest BCUT2D eigenvalue weighted by Gasteiger charge is -2.25. The molecular formula is C17H27NO. The quantitative estimate of drug-likeness (QED) is 0.841. The van der Waals surface area contributed by atoms with Crippen LogP contribution in [0.4, 0.5) is 0 Å². The van der Waals surface area contributed by atoms with Crippen molar-refractivity contribution in [3.63, 3.8) is 0 Å². The number of para-hydroxylation sites is 1. The van der Waals surface area contributed by atoms with Gasteiger partial charge in [-0.3, -0.25) is 0 Å². The molecule has 1 fully saturated rings. The van der Waals surface area contributed by atoms with Gasteiger partial charge >= 0.3 is 0 Å². The summed E-state index contributed by atoms with van der Waals surface area (Å²) < 4.78 is 5.48. The van der Waals surface area contributed by atoms with Crippen molar-refractivity contribution >= 4 is 0 Å². The van der Waals surface area contributed by atoms with E-state index in [-0.39, 0.29) is 0 Å². The number of benzene rings is 1. The first-order chi connectivity index (χ1) is 9.17. The van der Waals surface area contributed by atoms with Crippen LogP contribution < -0.4 is 10.1 Å². The lowest BCUT2D eigenvalue weighted by Crippen LogP contribution is -2.29. The van der Waals surface area contributed by atoms with E-state index in [2.05, 4.69) is 37.4 Å². The van der Waals surface area contributed by atoms with Crippen LogP contribution in [0.25, 0.3) is 0 Å². The highest BCUT2D eigenvalue weighted by molar-refractivity contribution is 5.34. The van der Waals surface area contributed by atoms with Gasteiger partial charge in [-0.25, -0.2) is 0 Å². The molecule has 0 saturated heterocycles. The Bertz CT molecular complexity index is 404. The van der Waals surface area contributed by atoms with E-state index in [0.29, 0.717) is 11.5 Å². The molecule has 106 valence electrons. The maximum absolute atomic E-state index is 5.48. The van der Waals surface area contributed by atoms with Crippen LogP contribution in [0.1, 0.15) is 45.1 Å². The summed E-state index contributed by atoms with van der Waals surface area (Å²) in [7, 11) is 1.77. The number of nitrogens with one attached hydrogen (secondary N) is 1. The highest BCUT2D eigenvalue weighted by Gasteiger charge is 2.35. The molecule has 0 aromatic heterocycles. The fourth-order valence-electron chi connectivity index (χ4n) is 3.31. The van der Waals surface area contributed by atoms with E-state index in [9.17, 15) is 0 Å². The molecule has 0 heterocycles. The number of rotatable bonds is 6. The molecule has 0 bridgehead atoms. The molecule has 1 N–H and O–H groups in total. The first kappa shape index (κ1) is 14.4. The van der Waals surface area contributed by atoms with Crippen LogP contribution in [0, 0.1) is 5.41 Å². The van der Waals surface area contributed by atoms with Crippen LogP contribution in [0.2, 0.25) is 0 Å². The zero-order valence-corrected chi connectivity index (χ0v) is 12.5. The van der Waals surface area contributed by atoms with Crippen LogP contribution in [0.15, 0.2) is 24.3 Å². The van der Waals surface area contributed by atoms with E-state index in [4.69, 9.17) is 4.74 Å². The molecule has 1 saturated carbocycles. The fourth-order valence-corrected chi connectivity index (χ4v) is 3.31. The molecule has 1 aliphatic rings. The minimum atomic E-state index is 0.417. The lowest BCUT2D eigenvalue weighted by atomic mass is 9.81. The minimum absolute atomic E-state index is 0.417. The Kier molecular flexibility index (Phi) is 4.87. The number of hydrogen-bond acceptors (Lipinski definition) is 2. The molecule has 0 amide bonds. The average Bonchev–Trinajstić information content (AvgIpc) is 2.78. The van der Waals surface area contributed by atoms with Gasteiger partial charge in [0.05, 0.1) is 7.11 Å². The Morgan fingerprint density at radius 1 is 1.37 bits per heavy atom. The van der Waals surface area contributed by atoms with Gasteiger partial charge in [-0.2, -0.15) is 0 Å². The van der Waals surface area contributed by atoms with Gasteiger partial charge in [0.2, 0.25) is 0 Å². The summed E-state index contributed by atoms with van der Waals surface area (Å²) in [6.45, 7) is 5.80. The third-order valence-corrected chi connectivity index (χ3v) is 4.33. The molecule has 1 aromatic rings. The molecule has 0 aliphatic heterocycles. The third kappa shape index (κ3) is 3.73. The SMILES string of the molecule is CCCNC1CCC(C)(Cc2ccccc2OC)C1. The maximum Gasteiger partial charge on any atom is 0.122 e. The second-order valence-corrected chi connectivity index (χ2v) is 6.19. The van der Waals surface area contributed by atoms with Crippen molar-refractivity contribution in [1.82, 2.24) is 5.32 Å². The Balaban J connectivity index is 1.98. The molecule has 2 heteroatoms. The van der Waals surface area contributed by atoms with E-state index in [1.807, 2.05) is 6.07 Å². The smallest absolute Gasteiger partial charge is 0.122 e. The van der Waals surface area contributed by atoms with Crippen molar-refractivity contribution in [1.29, 1.82) is 0 Å². The average molecular weight is 261 g/mol. The van der Waals surface area contributed by atoms with E-state index < -0.39 is 0 Å². The lowest BCUT2D eigenvalue weighted by molar-refractivity contribution is 0.314. The van der Waals surface area contributed by atoms with Crippen LogP contribution in [-0.4, -0.2) is 19.7 Å². The first-order valence-corrected chi connectivity index (χ1v) is 7.52. The summed E-state index contributed by atoms with van der Waals surface area (Å²) in [6, 6.07) is 9.14. The van der Waals surface area contributed by atoms with E-state index in [1.165, 1.54) is 31.2 Å². The summed E-state index contributed by atoms with van der Waals surface area (Å²) in [6.07, 6.45) is 6.25. The molecular weight excluding hydrogens is 234 g/mol. The van der Waals surface area contributed by atoms with E-state index in [1.54, 1.807) is 7.11 Å². The van der Waals surface area contributed by atoms with Crippen molar-refractivity contribution in [2.24, 2.45) is 5.41 Å². The van der Waals surface area contributed by atoms with E-state index in [0.717, 1.165) is 18.7 Å². The van der Waals surface area contributed by atoms with Crippen LogP contribution >= 0.6 is 0 Å². The predicted octanol–water partition coefficient (Wildman–Crippen LogP) is 3.80. The van der Waals surface area contributed by atoms with Gasteiger partial charge in [0.15, 0.2) is 0 Å². The van der Waals surface area contributed by atoms with Gasteiger partial charge in [0.25, 0.3) is 0 Å². The maximum atomic E-state index is 5.48. The minimum Gasteiger partial charge on any atom is -0.496 e. The molecule has 2 rings (SSSR count). The van der Waals surface area contributed by atoms with Gasteiger partial charge in [-0.15, -0.1) is 0 Å². The molecule has 1 aromatic carbocycles. The predicted molar refractivity (Wildman–Crippen MR) is 80.7 cm³/mol. The molecule has 2 atom stereocenters. The zero-order chi connectivity index (χ0) is 13.7. The van der Waals surface area contributed by atoms with Crippen molar-refractivity contribution in [2.45, 2.75) is 52.0 Å². The second-order valence-electron chi connectivity index (χ2n) is 6.19. The first-order valence-electron chi connectivity index (χ1n) is 7.52. The van der Waals surface area contributed by atoms with Gasteiger partial charge in [0.1, 0.15) is 5.75 Å². The summed E-state index contributed by atoms with van der Waals surface area (Å²) >= 11 is 0. The number of ether oxygens (including phenoxy) is 1. The zero-order valence-electron chi connectivity index (χ0n) is 12.5. The number of hydrogen-bond donors (Lipinski definition) is 1. The Hall–Kier alpha value is -1.02. The monoisotopic (exact) mass is 261 g/mol. The molecule has 19 heavy (non-hydrogen) atoms. The standard InChI is InChI=1S/C17H27NO/c1-4-11-18-15-9-10-17(2,13-15)12-14-7-5-6-8-16(14)19-3/h5-8,15,18H,4,9-13H2,1-3H3. The summed E-state index contributed by atoms with van der Waals surface area (Å²) in [5, 5.41) is 3.67. The molecule has 0 spiro atoms. The normalized spacial score (nSPS) is 26.6. The molecule has 0 radical (unpaired) electrons. The Morgan fingerprint density at radius 3 is 2.89 bits per heavy atom. The largest absolute Gasteiger partial charge is 0.496 e. The summed E-state index contributed by atoms with van der Waals surface area (Å²) in [5.41, 5.74) is 1.77. The topological polar surface area (TPSA) is 21.3 Å². The Morgan fingerprint density at radius 2 is 2.16 bits per heavy atom. The molecule has 2 nitrogen and oxygen atoms in total. The van der Waals surface area contributed by atoms with E-state index >= 15 is 0 Å². The highest BCUT2D eigenvalue weighted by Crippen LogP contribution is 2.42. The third-order valence-electron chi connectivity index (χ3n) is 4.33. The van der Waals surface area contributed by atoms with Crippen LogP contribution in [0.5, 0.6) is 5.75 Å². The molecule has 1 aliphatic carbocycles. The van der Waals surface area contributed by atoms with Crippen LogP contribution in [-0.2, 0) is 6.42 Å². The number of methoxy groups -OCH3 is 1. The fraction of sp³-hybridized carbons (Fsp3) is 0.647. The van der Waals surface area contributed by atoms with Crippen molar-refractivity contribution in [3.8, 4) is 5.75 Å². The Labute approximate surface area is 117 Å². The van der Waals surface area contributed by atoms with Gasteiger partial charge in [0, 0.05) is 6.04 Å². The molecule has 2 unspecified atom stereocenters. The van der Waals surface area contributed by atoms with Gasteiger partial charge in [-0.05, 0) is 55.7 Å². The van der Waals surface area contributed by atoms with Crippen LogP contribution in [0.3, 0.4) is 0 Å². The summed E-state index contributed by atoms with van der Waals surface area (Å²) in [4.78, 5) is 0. The van der Waals surface area contributed by atoms with Crippen molar-refractivity contribution in [2.75, 3.05) is 13.7 Å². The van der Waals surface area contributed by atoms with Crippen molar-refractivity contribution < 1.29 is 4.74 Å². The highest BCUT2D eigenvalue weighted by atomic mass is 16.5. The second kappa shape index (κ2) is 6.42.